The third-order valence-electron chi connectivity index (χ3n) is 4.90. The van der Waals surface area contributed by atoms with Crippen molar-refractivity contribution in [3.63, 3.8) is 0 Å². The molecule has 1 aromatic heterocycles. The molecule has 0 radical (unpaired) electrons. The summed E-state index contributed by atoms with van der Waals surface area (Å²) in [4.78, 5) is 18.0. The summed E-state index contributed by atoms with van der Waals surface area (Å²) >= 11 is 1.19. The molecule has 0 spiro atoms. The number of hydrazone groups is 1. The van der Waals surface area contributed by atoms with Gasteiger partial charge in [-0.1, -0.05) is 41.2 Å². The van der Waals surface area contributed by atoms with Gasteiger partial charge in [-0.25, -0.2) is 9.37 Å². The Morgan fingerprint density at radius 1 is 1.06 bits per heavy atom. The maximum Gasteiger partial charge on any atom is 0.280 e. The molecule has 6 nitrogen and oxygen atoms in total. The molecular formula is C24H18FN3O3S. The Morgan fingerprint density at radius 2 is 1.84 bits per heavy atom. The van der Waals surface area contributed by atoms with E-state index in [0.29, 0.717) is 45.6 Å². The van der Waals surface area contributed by atoms with Gasteiger partial charge in [-0.3, -0.25) is 4.79 Å². The molecule has 4 aromatic rings. The molecule has 8 heteroatoms. The van der Waals surface area contributed by atoms with Crippen LogP contribution in [0.4, 0.5) is 9.52 Å². The lowest BCUT2D eigenvalue weighted by molar-refractivity contribution is 0.0986. The molecule has 1 amide bonds. The quantitative estimate of drug-likeness (QED) is 0.319. The number of benzene rings is 3. The van der Waals surface area contributed by atoms with Crippen LogP contribution < -0.4 is 14.5 Å². The number of hydrogen-bond donors (Lipinski definition) is 0. The van der Waals surface area contributed by atoms with E-state index < -0.39 is 0 Å². The first-order chi connectivity index (χ1) is 15.6. The van der Waals surface area contributed by atoms with Crippen molar-refractivity contribution in [2.45, 2.75) is 6.92 Å². The second-order valence-corrected chi connectivity index (χ2v) is 8.25. The van der Waals surface area contributed by atoms with Crippen LogP contribution in [0.1, 0.15) is 21.5 Å². The Bertz CT molecular complexity index is 1330. The average molecular weight is 447 g/mol. The van der Waals surface area contributed by atoms with E-state index in [1.807, 2.05) is 31.2 Å². The fourth-order valence-corrected chi connectivity index (χ4v) is 4.19. The minimum Gasteiger partial charge on any atom is -0.486 e. The van der Waals surface area contributed by atoms with Crippen molar-refractivity contribution in [1.82, 2.24) is 4.98 Å². The number of anilines is 1. The van der Waals surface area contributed by atoms with E-state index in [0.717, 1.165) is 11.1 Å². The second kappa shape index (κ2) is 8.39. The maximum atomic E-state index is 13.7. The molecule has 5 rings (SSSR count). The molecule has 3 aromatic carbocycles. The van der Waals surface area contributed by atoms with Gasteiger partial charge in [-0.2, -0.15) is 10.1 Å². The van der Waals surface area contributed by atoms with Crippen LogP contribution in [-0.4, -0.2) is 30.3 Å². The molecule has 0 saturated carbocycles. The van der Waals surface area contributed by atoms with Crippen molar-refractivity contribution in [2.75, 3.05) is 18.2 Å². The molecule has 0 saturated heterocycles. The number of amides is 1. The van der Waals surface area contributed by atoms with Gasteiger partial charge in [-0.05, 0) is 48.9 Å². The van der Waals surface area contributed by atoms with Crippen LogP contribution in [0.3, 0.4) is 0 Å². The highest BCUT2D eigenvalue weighted by molar-refractivity contribution is 7.22. The summed E-state index contributed by atoms with van der Waals surface area (Å²) in [7, 11) is 0. The third-order valence-corrected chi connectivity index (χ3v) is 5.90. The minimum atomic E-state index is -0.384. The molecule has 0 aliphatic carbocycles. The number of ether oxygens (including phenoxy) is 2. The van der Waals surface area contributed by atoms with E-state index >= 15 is 0 Å². The van der Waals surface area contributed by atoms with Gasteiger partial charge in [0, 0.05) is 5.56 Å². The van der Waals surface area contributed by atoms with Crippen LogP contribution >= 0.6 is 11.3 Å². The first kappa shape index (κ1) is 20.1. The first-order valence-corrected chi connectivity index (χ1v) is 10.8. The van der Waals surface area contributed by atoms with Crippen molar-refractivity contribution in [3.05, 3.63) is 83.2 Å². The van der Waals surface area contributed by atoms with Gasteiger partial charge in [0.1, 0.15) is 19.0 Å². The standard InChI is InChI=1S/C24H18FN3O3S/c1-15-2-4-16(5-3-15)14-26-28(24-27-19-8-7-18(25)13-22(19)32-24)23(29)17-6-9-20-21(12-17)31-11-10-30-20/h2-9,12-14H,10-11H2,1H3/b26-14+. The summed E-state index contributed by atoms with van der Waals surface area (Å²) in [5, 5.41) is 6.01. The highest BCUT2D eigenvalue weighted by Gasteiger charge is 2.23. The van der Waals surface area contributed by atoms with Crippen molar-refractivity contribution in [2.24, 2.45) is 5.10 Å². The highest BCUT2D eigenvalue weighted by atomic mass is 32.1. The molecule has 0 unspecified atom stereocenters. The van der Waals surface area contributed by atoms with Gasteiger partial charge in [0.05, 0.1) is 16.4 Å². The lowest BCUT2D eigenvalue weighted by Crippen LogP contribution is -2.26. The molecule has 32 heavy (non-hydrogen) atoms. The zero-order valence-corrected chi connectivity index (χ0v) is 17.9. The molecule has 0 bridgehead atoms. The molecule has 1 aliphatic rings. The van der Waals surface area contributed by atoms with E-state index in [2.05, 4.69) is 10.1 Å². The van der Waals surface area contributed by atoms with Crippen molar-refractivity contribution in [3.8, 4) is 11.5 Å². The SMILES string of the molecule is Cc1ccc(/C=N/N(C(=O)c2ccc3c(c2)OCCO3)c2nc3ccc(F)cc3s2)cc1. The molecule has 0 atom stereocenters. The van der Waals surface area contributed by atoms with Crippen LogP contribution in [0.5, 0.6) is 11.5 Å². The summed E-state index contributed by atoms with van der Waals surface area (Å²) in [5.74, 6) is 0.360. The number of rotatable bonds is 4. The van der Waals surface area contributed by atoms with Crippen LogP contribution in [0, 0.1) is 12.7 Å². The number of thiazole rings is 1. The van der Waals surface area contributed by atoms with Crippen molar-refractivity contribution in [1.29, 1.82) is 0 Å². The number of nitrogens with zero attached hydrogens (tertiary/aromatic N) is 3. The third kappa shape index (κ3) is 4.04. The van der Waals surface area contributed by atoms with Gasteiger partial charge in [0.15, 0.2) is 11.5 Å². The summed E-state index contributed by atoms with van der Waals surface area (Å²) in [6.45, 7) is 2.89. The Morgan fingerprint density at radius 3 is 2.66 bits per heavy atom. The Kier molecular flexibility index (Phi) is 5.28. The van der Waals surface area contributed by atoms with Crippen LogP contribution in [-0.2, 0) is 0 Å². The van der Waals surface area contributed by atoms with E-state index in [4.69, 9.17) is 9.47 Å². The summed E-state index contributed by atoms with van der Waals surface area (Å²) in [6.07, 6.45) is 1.60. The van der Waals surface area contributed by atoms with Gasteiger partial charge < -0.3 is 9.47 Å². The van der Waals surface area contributed by atoms with Gasteiger partial charge in [-0.15, -0.1) is 0 Å². The molecule has 160 valence electrons. The lowest BCUT2D eigenvalue weighted by atomic mass is 10.1. The molecule has 2 heterocycles. The number of halogens is 1. The van der Waals surface area contributed by atoms with Crippen LogP contribution in [0.25, 0.3) is 10.2 Å². The van der Waals surface area contributed by atoms with Crippen molar-refractivity contribution < 1.29 is 18.7 Å². The van der Waals surface area contributed by atoms with Crippen LogP contribution in [0.2, 0.25) is 0 Å². The zero-order valence-electron chi connectivity index (χ0n) is 17.1. The predicted molar refractivity (Wildman–Crippen MR) is 123 cm³/mol. The second-order valence-electron chi connectivity index (χ2n) is 7.24. The molecule has 0 N–H and O–H groups in total. The lowest BCUT2D eigenvalue weighted by Gasteiger charge is -2.20. The number of hydrogen-bond acceptors (Lipinski definition) is 6. The fraction of sp³-hybridized carbons (Fsp3) is 0.125. The summed E-state index contributed by atoms with van der Waals surface area (Å²) < 4.78 is 25.5. The first-order valence-electron chi connectivity index (χ1n) is 9.98. The summed E-state index contributed by atoms with van der Waals surface area (Å²) in [6, 6.07) is 17.1. The van der Waals surface area contributed by atoms with E-state index in [1.54, 1.807) is 30.5 Å². The zero-order chi connectivity index (χ0) is 22.1. The fourth-order valence-electron chi connectivity index (χ4n) is 3.24. The Balaban J connectivity index is 1.54. The molecule has 1 aliphatic heterocycles. The van der Waals surface area contributed by atoms with Crippen molar-refractivity contribution >= 4 is 38.8 Å². The van der Waals surface area contributed by atoms with Gasteiger partial charge in [0.2, 0.25) is 5.13 Å². The van der Waals surface area contributed by atoms with Gasteiger partial charge >= 0.3 is 0 Å². The van der Waals surface area contributed by atoms with E-state index in [1.165, 1.54) is 28.5 Å². The molecular weight excluding hydrogens is 429 g/mol. The smallest absolute Gasteiger partial charge is 0.280 e. The topological polar surface area (TPSA) is 64.0 Å². The number of carbonyl (C=O) groups excluding carboxylic acids is 1. The average Bonchev–Trinajstić information content (AvgIpc) is 3.22. The number of fused-ring (bicyclic) bond motifs is 2. The van der Waals surface area contributed by atoms with E-state index in [-0.39, 0.29) is 11.7 Å². The van der Waals surface area contributed by atoms with Crippen LogP contribution in [0.15, 0.2) is 65.8 Å². The predicted octanol–water partition coefficient (Wildman–Crippen LogP) is 5.20. The number of aryl methyl sites for hydroxylation is 1. The minimum absolute atomic E-state index is 0.342. The molecule has 0 fully saturated rings. The van der Waals surface area contributed by atoms with Gasteiger partial charge in [0.25, 0.3) is 5.91 Å². The monoisotopic (exact) mass is 447 g/mol. The van der Waals surface area contributed by atoms with E-state index in [9.17, 15) is 9.18 Å². The number of carbonyl (C=O) groups is 1. The Hall–Kier alpha value is -3.78. The summed E-state index contributed by atoms with van der Waals surface area (Å²) in [5.41, 5.74) is 2.93. The maximum absolute atomic E-state index is 13.7. The largest absolute Gasteiger partial charge is 0.486 e. The normalized spacial score (nSPS) is 12.9. The Labute approximate surface area is 187 Å². The number of aromatic nitrogens is 1. The highest BCUT2D eigenvalue weighted by Crippen LogP contribution is 2.34.